The van der Waals surface area contributed by atoms with E-state index in [-0.39, 0.29) is 17.0 Å². The average molecular weight is 265 g/mol. The van der Waals surface area contributed by atoms with E-state index in [0.717, 1.165) is 5.69 Å². The number of amides is 2. The molecule has 1 heterocycles. The first-order valence-corrected chi connectivity index (χ1v) is 5.82. The number of nitrogens with one attached hydrogen (secondary N) is 1. The first-order chi connectivity index (χ1) is 8.59. The molecular weight excluding hydrogens is 252 g/mol. The van der Waals surface area contributed by atoms with Gasteiger partial charge in [-0.15, -0.1) is 0 Å². The fourth-order valence-corrected chi connectivity index (χ4v) is 1.94. The Morgan fingerprint density at radius 1 is 1.33 bits per heavy atom. The van der Waals surface area contributed by atoms with Crippen LogP contribution in [-0.2, 0) is 0 Å². The Hall–Kier alpha value is -2.01. The third-order valence-corrected chi connectivity index (χ3v) is 2.77. The van der Waals surface area contributed by atoms with Gasteiger partial charge in [-0.1, -0.05) is 29.8 Å². The first kappa shape index (κ1) is 12.4. The zero-order chi connectivity index (χ0) is 13.1. The molecule has 0 radical (unpaired) electrons. The second-order valence-electron chi connectivity index (χ2n) is 3.84. The largest absolute Gasteiger partial charge is 0.385 e. The summed E-state index contributed by atoms with van der Waals surface area (Å²) in [7, 11) is 0. The molecule has 2 amide bonds. The van der Waals surface area contributed by atoms with Crippen LogP contribution in [0.5, 0.6) is 0 Å². The molecule has 0 spiro atoms. The number of carbonyl (C=O) groups excluding carboxylic acids is 1. The molecule has 18 heavy (non-hydrogen) atoms. The van der Waals surface area contributed by atoms with Crippen LogP contribution in [0, 0.1) is 5.41 Å². The lowest BCUT2D eigenvalue weighted by Gasteiger charge is -2.18. The summed E-state index contributed by atoms with van der Waals surface area (Å²) >= 11 is 5.43. The number of para-hydroxylation sites is 1. The van der Waals surface area contributed by atoms with Crippen LogP contribution in [0.25, 0.3) is 0 Å². The summed E-state index contributed by atoms with van der Waals surface area (Å²) in [6.45, 7) is 1.05. The van der Waals surface area contributed by atoms with Crippen molar-refractivity contribution in [1.82, 2.24) is 4.90 Å². The van der Waals surface area contributed by atoms with Crippen molar-refractivity contribution in [1.29, 1.82) is 5.41 Å². The van der Waals surface area contributed by atoms with Gasteiger partial charge in [0.1, 0.15) is 11.0 Å². The summed E-state index contributed by atoms with van der Waals surface area (Å²) in [6.07, 6.45) is 1.26. The van der Waals surface area contributed by atoms with E-state index in [1.165, 1.54) is 11.0 Å². The molecule has 1 aromatic carbocycles. The molecule has 1 saturated heterocycles. The van der Waals surface area contributed by atoms with Crippen LogP contribution in [0.2, 0.25) is 0 Å². The molecule has 0 aromatic heterocycles. The van der Waals surface area contributed by atoms with Crippen molar-refractivity contribution in [3.8, 4) is 0 Å². The molecule has 0 aliphatic carbocycles. The Morgan fingerprint density at radius 3 is 2.61 bits per heavy atom. The van der Waals surface area contributed by atoms with Gasteiger partial charge in [-0.2, -0.15) is 0 Å². The van der Waals surface area contributed by atoms with Crippen molar-refractivity contribution in [2.45, 2.75) is 0 Å². The number of allylic oxidation sites excluding steroid dienone is 1. The van der Waals surface area contributed by atoms with Gasteiger partial charge >= 0.3 is 6.03 Å². The molecule has 0 saturated carbocycles. The summed E-state index contributed by atoms with van der Waals surface area (Å²) in [5.74, 6) is 0.193. The highest BCUT2D eigenvalue weighted by molar-refractivity contribution is 6.67. The number of halogens is 1. The lowest BCUT2D eigenvalue weighted by Crippen LogP contribution is -2.34. The van der Waals surface area contributed by atoms with E-state index in [9.17, 15) is 4.79 Å². The lowest BCUT2D eigenvalue weighted by atomic mass is 10.3. The van der Waals surface area contributed by atoms with Gasteiger partial charge in [-0.25, -0.2) is 4.79 Å². The Labute approximate surface area is 110 Å². The summed E-state index contributed by atoms with van der Waals surface area (Å²) in [4.78, 5) is 15.2. The number of nitrogens with two attached hydrogens (primary N) is 1. The molecule has 6 heteroatoms. The molecule has 5 nitrogen and oxygen atoms in total. The maximum Gasteiger partial charge on any atom is 0.330 e. The number of rotatable bonds is 3. The quantitative estimate of drug-likeness (QED) is 0.819. The van der Waals surface area contributed by atoms with Crippen LogP contribution in [0.15, 0.2) is 42.2 Å². The average Bonchev–Trinajstić information content (AvgIpc) is 2.71. The Bertz CT molecular complexity index is 500. The SMILES string of the molecule is N=C(Cl)/C=C(\N)N1CCN(c2ccccc2)C1=O. The van der Waals surface area contributed by atoms with Crippen LogP contribution in [0.3, 0.4) is 0 Å². The molecule has 1 fully saturated rings. The molecule has 2 rings (SSSR count). The molecule has 0 atom stereocenters. The molecule has 1 aromatic rings. The van der Waals surface area contributed by atoms with Gasteiger partial charge in [0.05, 0.1) is 0 Å². The number of benzene rings is 1. The van der Waals surface area contributed by atoms with Crippen molar-refractivity contribution in [3.63, 3.8) is 0 Å². The van der Waals surface area contributed by atoms with E-state index in [0.29, 0.717) is 13.1 Å². The van der Waals surface area contributed by atoms with Crippen molar-refractivity contribution in [2.24, 2.45) is 5.73 Å². The fraction of sp³-hybridized carbons (Fsp3) is 0.167. The Morgan fingerprint density at radius 2 is 2.00 bits per heavy atom. The van der Waals surface area contributed by atoms with Crippen molar-refractivity contribution in [3.05, 3.63) is 42.2 Å². The summed E-state index contributed by atoms with van der Waals surface area (Å²) in [6, 6.07) is 9.17. The standard InChI is InChI=1S/C12H13ClN4O/c13-10(14)8-11(15)17-7-6-16(12(17)18)9-4-2-1-3-5-9/h1-5,8,14H,6-7,15H2/b11-8+,14-10?. The second kappa shape index (κ2) is 5.10. The maximum atomic E-state index is 12.1. The van der Waals surface area contributed by atoms with Gasteiger partial charge in [-0.3, -0.25) is 15.2 Å². The zero-order valence-corrected chi connectivity index (χ0v) is 10.4. The maximum absolute atomic E-state index is 12.1. The summed E-state index contributed by atoms with van der Waals surface area (Å²) in [5.41, 5.74) is 6.56. The summed E-state index contributed by atoms with van der Waals surface area (Å²) in [5, 5.41) is 6.93. The smallest absolute Gasteiger partial charge is 0.330 e. The number of carbonyl (C=O) groups is 1. The molecule has 94 valence electrons. The van der Waals surface area contributed by atoms with E-state index in [4.69, 9.17) is 22.7 Å². The Balaban J connectivity index is 2.18. The van der Waals surface area contributed by atoms with Crippen molar-refractivity contribution < 1.29 is 4.79 Å². The zero-order valence-electron chi connectivity index (χ0n) is 9.64. The van der Waals surface area contributed by atoms with E-state index < -0.39 is 0 Å². The fourth-order valence-electron chi connectivity index (χ4n) is 1.83. The van der Waals surface area contributed by atoms with Gasteiger partial charge in [0, 0.05) is 24.9 Å². The Kier molecular flexibility index (Phi) is 3.53. The molecule has 0 unspecified atom stereocenters. The van der Waals surface area contributed by atoms with E-state index in [1.807, 2.05) is 30.3 Å². The highest BCUT2D eigenvalue weighted by atomic mass is 35.5. The molecule has 1 aliphatic heterocycles. The number of anilines is 1. The van der Waals surface area contributed by atoms with Gasteiger partial charge in [0.15, 0.2) is 0 Å². The van der Waals surface area contributed by atoms with Crippen LogP contribution in [-0.4, -0.2) is 29.2 Å². The van der Waals surface area contributed by atoms with Crippen molar-refractivity contribution >= 4 is 28.5 Å². The topological polar surface area (TPSA) is 73.4 Å². The lowest BCUT2D eigenvalue weighted by molar-refractivity contribution is 0.230. The highest BCUT2D eigenvalue weighted by Crippen LogP contribution is 2.21. The number of hydrogen-bond donors (Lipinski definition) is 2. The van der Waals surface area contributed by atoms with Crippen LogP contribution < -0.4 is 10.6 Å². The van der Waals surface area contributed by atoms with Gasteiger partial charge < -0.3 is 5.73 Å². The van der Waals surface area contributed by atoms with Crippen LogP contribution >= 0.6 is 11.6 Å². The third kappa shape index (κ3) is 2.46. The van der Waals surface area contributed by atoms with Gasteiger partial charge in [0.2, 0.25) is 0 Å². The van der Waals surface area contributed by atoms with Crippen LogP contribution in [0.1, 0.15) is 0 Å². The van der Waals surface area contributed by atoms with Gasteiger partial charge in [0.25, 0.3) is 0 Å². The highest BCUT2D eigenvalue weighted by Gasteiger charge is 2.30. The van der Waals surface area contributed by atoms with E-state index in [2.05, 4.69) is 0 Å². The second-order valence-corrected chi connectivity index (χ2v) is 4.25. The predicted octanol–water partition coefficient (Wildman–Crippen LogP) is 1.94. The monoisotopic (exact) mass is 264 g/mol. The molecule has 3 N–H and O–H groups in total. The number of nitrogens with zero attached hydrogens (tertiary/aromatic N) is 2. The third-order valence-electron chi connectivity index (χ3n) is 2.66. The van der Waals surface area contributed by atoms with Crippen LogP contribution in [0.4, 0.5) is 10.5 Å². The minimum Gasteiger partial charge on any atom is -0.385 e. The van der Waals surface area contributed by atoms with E-state index >= 15 is 0 Å². The molecule has 0 bridgehead atoms. The minimum atomic E-state index is -0.201. The molecular formula is C12H13ClN4O. The normalized spacial score (nSPS) is 16.3. The first-order valence-electron chi connectivity index (χ1n) is 5.45. The number of urea groups is 1. The molecule has 1 aliphatic rings. The summed E-state index contributed by atoms with van der Waals surface area (Å²) < 4.78 is 0. The minimum absolute atomic E-state index is 0.193. The van der Waals surface area contributed by atoms with Gasteiger partial charge in [-0.05, 0) is 12.1 Å². The predicted molar refractivity (Wildman–Crippen MR) is 71.7 cm³/mol. The van der Waals surface area contributed by atoms with Crippen molar-refractivity contribution in [2.75, 3.05) is 18.0 Å². The number of hydrogen-bond acceptors (Lipinski definition) is 3. The van der Waals surface area contributed by atoms with E-state index in [1.54, 1.807) is 4.90 Å².